The van der Waals surface area contributed by atoms with Crippen molar-refractivity contribution >= 4 is 13.8 Å². The van der Waals surface area contributed by atoms with Gasteiger partial charge in [0.05, 0.1) is 34.4 Å². The Labute approximate surface area is 262 Å². The van der Waals surface area contributed by atoms with Gasteiger partial charge in [-0.2, -0.15) is 0 Å². The van der Waals surface area contributed by atoms with Crippen LogP contribution < -0.4 is 0 Å². The number of nitrogens with zero attached hydrogens (tertiary/aromatic N) is 1. The first kappa shape index (κ1) is 40.9. The number of carbonyl (C=O) groups is 1. The van der Waals surface area contributed by atoms with Crippen molar-refractivity contribution in [2.45, 2.75) is 84.2 Å². The molecule has 0 radical (unpaired) electrons. The third-order valence-corrected chi connectivity index (χ3v) is 6.74. The highest BCUT2D eigenvalue weighted by Crippen LogP contribution is 2.43. The molecule has 0 rings (SSSR count). The van der Waals surface area contributed by atoms with Gasteiger partial charge in [-0.25, -0.2) is 4.57 Å². The Bertz CT molecular complexity index is 916. The van der Waals surface area contributed by atoms with Crippen molar-refractivity contribution in [3.63, 3.8) is 0 Å². The Morgan fingerprint density at radius 3 is 1.74 bits per heavy atom. The number of phosphoric ester groups is 1. The van der Waals surface area contributed by atoms with E-state index in [1.165, 1.54) is 0 Å². The van der Waals surface area contributed by atoms with Gasteiger partial charge in [-0.15, -0.1) is 0 Å². The molecule has 0 saturated carbocycles. The first-order valence-corrected chi connectivity index (χ1v) is 17.2. The number of hydrogen-bond donors (Lipinski definition) is 1. The summed E-state index contributed by atoms with van der Waals surface area (Å²) in [6.07, 6.45) is 33.8. The van der Waals surface area contributed by atoms with E-state index in [4.69, 9.17) is 18.5 Å². The first-order valence-electron chi connectivity index (χ1n) is 15.7. The summed E-state index contributed by atoms with van der Waals surface area (Å²) in [7, 11) is 1.61. The lowest BCUT2D eigenvalue weighted by molar-refractivity contribution is -0.870. The number of likely N-dealkylation sites (N-methyl/N-ethyl adjacent to an activating group) is 1. The summed E-state index contributed by atoms with van der Waals surface area (Å²) in [5.41, 5.74) is 0. The minimum absolute atomic E-state index is 0.0721. The van der Waals surface area contributed by atoms with Crippen LogP contribution in [0, 0.1) is 0 Å². The molecule has 2 unspecified atom stereocenters. The van der Waals surface area contributed by atoms with Crippen LogP contribution in [0.5, 0.6) is 0 Å². The Kier molecular flexibility index (Phi) is 26.2. The van der Waals surface area contributed by atoms with E-state index in [0.717, 1.165) is 51.4 Å². The van der Waals surface area contributed by atoms with Crippen LogP contribution in [0.25, 0.3) is 0 Å². The van der Waals surface area contributed by atoms with Crippen molar-refractivity contribution in [1.29, 1.82) is 0 Å². The predicted molar refractivity (Wildman–Crippen MR) is 178 cm³/mol. The molecule has 0 aromatic rings. The van der Waals surface area contributed by atoms with Crippen LogP contribution in [0.2, 0.25) is 0 Å². The lowest BCUT2D eigenvalue weighted by atomic mass is 10.2. The lowest BCUT2D eigenvalue weighted by Gasteiger charge is -2.24. The minimum Gasteiger partial charge on any atom is -0.457 e. The van der Waals surface area contributed by atoms with E-state index in [2.05, 4.69) is 79.8 Å². The number of hydrogen-bond acceptors (Lipinski definition) is 6. The number of carbonyl (C=O) groups excluding carboxylic acids is 1. The average molecular weight is 625 g/mol. The van der Waals surface area contributed by atoms with Crippen LogP contribution in [0.1, 0.15) is 78.1 Å². The number of rotatable bonds is 27. The Morgan fingerprint density at radius 2 is 1.26 bits per heavy atom. The molecule has 0 bridgehead atoms. The van der Waals surface area contributed by atoms with Gasteiger partial charge in [0.25, 0.3) is 0 Å². The van der Waals surface area contributed by atoms with Crippen molar-refractivity contribution < 1.29 is 37.3 Å². The van der Waals surface area contributed by atoms with Crippen molar-refractivity contribution in [3.05, 3.63) is 72.9 Å². The molecular formula is C34H59NO7P+. The van der Waals surface area contributed by atoms with Crippen LogP contribution in [0.4, 0.5) is 0 Å². The van der Waals surface area contributed by atoms with Crippen LogP contribution in [0.15, 0.2) is 72.9 Å². The number of allylic oxidation sites excluding steroid dienone is 12. The molecule has 0 saturated heterocycles. The monoisotopic (exact) mass is 624 g/mol. The molecule has 0 aliphatic heterocycles. The third kappa shape index (κ3) is 31.2. The smallest absolute Gasteiger partial charge is 0.457 e. The fraction of sp³-hybridized carbons (Fsp3) is 0.618. The van der Waals surface area contributed by atoms with Crippen molar-refractivity contribution in [2.75, 3.05) is 54.1 Å². The van der Waals surface area contributed by atoms with E-state index < -0.39 is 19.9 Å². The Morgan fingerprint density at radius 1 is 0.744 bits per heavy atom. The maximum Gasteiger partial charge on any atom is 0.472 e. The number of ether oxygens (including phenoxy) is 2. The summed E-state index contributed by atoms with van der Waals surface area (Å²) in [4.78, 5) is 21.9. The highest BCUT2D eigenvalue weighted by Gasteiger charge is 2.26. The lowest BCUT2D eigenvalue weighted by Crippen LogP contribution is -2.37. The molecule has 246 valence electrons. The van der Waals surface area contributed by atoms with Crippen LogP contribution in [-0.2, 0) is 27.9 Å². The predicted octanol–water partition coefficient (Wildman–Crippen LogP) is 8.03. The molecule has 1 N–H and O–H groups in total. The van der Waals surface area contributed by atoms with Crippen molar-refractivity contribution in [1.82, 2.24) is 0 Å². The average Bonchev–Trinajstić information content (AvgIpc) is 2.93. The molecule has 8 nitrogen and oxygen atoms in total. The van der Waals surface area contributed by atoms with Crippen molar-refractivity contribution in [3.8, 4) is 0 Å². The van der Waals surface area contributed by atoms with E-state index in [1.807, 2.05) is 28.1 Å². The van der Waals surface area contributed by atoms with Crippen molar-refractivity contribution in [2.24, 2.45) is 0 Å². The standard InChI is InChI=1S/C34H58NO7P/c1-6-8-9-10-11-12-13-14-15-16-17-18-19-20-21-22-23-24-25-26-29-39-31-33(42-34(36)27-7-2)32-41-43(37,38)40-30-28-35(3,4)5/h8-9,11-12,14-15,17-18,20-21,23-24,33H,6-7,10,13,16,19,22,25-32H2,1-5H3/p+1/b9-8-,12-11-,15-14-,18-17-,21-20-,24-23-. The second-order valence-corrected chi connectivity index (χ2v) is 12.6. The number of quaternary nitrogens is 1. The number of esters is 1. The van der Waals surface area contributed by atoms with Gasteiger partial charge in [0.1, 0.15) is 19.3 Å². The van der Waals surface area contributed by atoms with Crippen LogP contribution in [0.3, 0.4) is 0 Å². The summed E-state index contributed by atoms with van der Waals surface area (Å²) in [6.45, 7) is 4.92. The zero-order chi connectivity index (χ0) is 32.1. The molecule has 0 amide bonds. The molecule has 0 fully saturated rings. The minimum atomic E-state index is -4.25. The third-order valence-electron chi connectivity index (χ3n) is 5.75. The summed E-state index contributed by atoms with van der Waals surface area (Å²) < 4.78 is 33.9. The van der Waals surface area contributed by atoms with Gasteiger partial charge >= 0.3 is 13.8 Å². The largest absolute Gasteiger partial charge is 0.472 e. The summed E-state index contributed by atoms with van der Waals surface area (Å²) in [5, 5.41) is 0. The topological polar surface area (TPSA) is 91.3 Å². The van der Waals surface area contributed by atoms with Gasteiger partial charge < -0.3 is 18.9 Å². The molecule has 2 atom stereocenters. The second-order valence-electron chi connectivity index (χ2n) is 11.1. The normalized spacial score (nSPS) is 15.2. The van der Waals surface area contributed by atoms with E-state index in [-0.39, 0.29) is 26.2 Å². The summed E-state index contributed by atoms with van der Waals surface area (Å²) in [5.74, 6) is -0.392. The quantitative estimate of drug-likeness (QED) is 0.0325. The van der Waals surface area contributed by atoms with Gasteiger partial charge in [0, 0.05) is 13.0 Å². The van der Waals surface area contributed by atoms with E-state index >= 15 is 0 Å². The molecule has 0 aliphatic carbocycles. The van der Waals surface area contributed by atoms with Crippen LogP contribution in [-0.4, -0.2) is 75.6 Å². The van der Waals surface area contributed by atoms with E-state index in [9.17, 15) is 14.3 Å². The van der Waals surface area contributed by atoms with Gasteiger partial charge in [-0.3, -0.25) is 13.8 Å². The van der Waals surface area contributed by atoms with Gasteiger partial charge in [0.2, 0.25) is 0 Å². The van der Waals surface area contributed by atoms with Gasteiger partial charge in [0.15, 0.2) is 0 Å². The van der Waals surface area contributed by atoms with Gasteiger partial charge in [-0.05, 0) is 57.8 Å². The van der Waals surface area contributed by atoms with E-state index in [1.54, 1.807) is 0 Å². The maximum absolute atomic E-state index is 12.2. The highest BCUT2D eigenvalue weighted by atomic mass is 31.2. The zero-order valence-corrected chi connectivity index (χ0v) is 28.3. The molecule has 0 aromatic carbocycles. The first-order chi connectivity index (χ1) is 20.6. The molecule has 9 heteroatoms. The molecule has 0 aliphatic rings. The SMILES string of the molecule is CC/C=C\C/C=C\C/C=C\C/C=C\C/C=C\C/C=C\CCCOCC(COP(=O)(O)OCC[N+](C)(C)C)OC(=O)CCC. The molecular weight excluding hydrogens is 565 g/mol. The molecule has 0 spiro atoms. The Hall–Kier alpha value is -2.06. The number of unbranched alkanes of at least 4 members (excludes halogenated alkanes) is 1. The molecule has 43 heavy (non-hydrogen) atoms. The van der Waals surface area contributed by atoms with E-state index in [0.29, 0.717) is 24.1 Å². The Balaban J connectivity index is 4.11. The summed E-state index contributed by atoms with van der Waals surface area (Å²) in [6, 6.07) is 0. The molecule has 0 heterocycles. The molecule has 0 aromatic heterocycles. The highest BCUT2D eigenvalue weighted by molar-refractivity contribution is 7.47. The fourth-order valence-corrected chi connectivity index (χ4v) is 4.11. The zero-order valence-electron chi connectivity index (χ0n) is 27.4. The van der Waals surface area contributed by atoms with Crippen LogP contribution >= 0.6 is 7.82 Å². The maximum atomic E-state index is 12.2. The fourth-order valence-electron chi connectivity index (χ4n) is 3.37. The summed E-state index contributed by atoms with van der Waals surface area (Å²) >= 11 is 0. The van der Waals surface area contributed by atoms with Gasteiger partial charge in [-0.1, -0.05) is 86.8 Å². The second kappa shape index (κ2) is 27.5. The number of phosphoric acid groups is 1.